The third-order valence-electron chi connectivity index (χ3n) is 5.29. The van der Waals surface area contributed by atoms with Crippen LogP contribution in [0.1, 0.15) is 52.4 Å². The lowest BCUT2D eigenvalue weighted by Gasteiger charge is -2.07. The van der Waals surface area contributed by atoms with Crippen molar-refractivity contribution in [2.24, 2.45) is 23.7 Å². The molecule has 106 valence electrons. The van der Waals surface area contributed by atoms with E-state index in [2.05, 4.69) is 41.7 Å². The molecule has 1 aromatic rings. The molecule has 2 aliphatic rings. The number of imidazole rings is 1. The maximum absolute atomic E-state index is 2.42. The van der Waals surface area contributed by atoms with Crippen LogP contribution in [0.4, 0.5) is 0 Å². The highest BCUT2D eigenvalue weighted by Gasteiger charge is 2.25. The lowest BCUT2D eigenvalue weighted by atomic mass is 10.1. The molecule has 4 atom stereocenters. The molecule has 0 spiro atoms. The van der Waals surface area contributed by atoms with Crippen LogP contribution < -0.4 is 4.57 Å². The Kier molecular flexibility index (Phi) is 3.95. The van der Waals surface area contributed by atoms with Gasteiger partial charge in [0.05, 0.1) is 13.1 Å². The van der Waals surface area contributed by atoms with Crippen LogP contribution in [0.15, 0.2) is 18.7 Å². The van der Waals surface area contributed by atoms with Gasteiger partial charge in [-0.3, -0.25) is 0 Å². The quantitative estimate of drug-likeness (QED) is 0.732. The molecule has 2 saturated carbocycles. The normalized spacial score (nSPS) is 35.1. The van der Waals surface area contributed by atoms with Gasteiger partial charge in [0.2, 0.25) is 6.33 Å². The Hall–Kier alpha value is -0.790. The Labute approximate surface area is 117 Å². The zero-order valence-electron chi connectivity index (χ0n) is 12.6. The van der Waals surface area contributed by atoms with Crippen molar-refractivity contribution in [2.75, 3.05) is 0 Å². The molecule has 2 fully saturated rings. The topological polar surface area (TPSA) is 8.81 Å². The number of rotatable bonds is 4. The van der Waals surface area contributed by atoms with Crippen LogP contribution in [-0.2, 0) is 13.1 Å². The summed E-state index contributed by atoms with van der Waals surface area (Å²) >= 11 is 0. The van der Waals surface area contributed by atoms with Crippen LogP contribution in [0.3, 0.4) is 0 Å². The summed E-state index contributed by atoms with van der Waals surface area (Å²) in [6.07, 6.45) is 15.5. The molecule has 3 rings (SSSR count). The lowest BCUT2D eigenvalue weighted by molar-refractivity contribution is -0.702. The van der Waals surface area contributed by atoms with E-state index >= 15 is 0 Å². The highest BCUT2D eigenvalue weighted by atomic mass is 15.1. The molecule has 0 bridgehead atoms. The molecule has 4 unspecified atom stereocenters. The molecule has 2 aliphatic carbocycles. The van der Waals surface area contributed by atoms with Crippen molar-refractivity contribution in [1.29, 1.82) is 0 Å². The van der Waals surface area contributed by atoms with E-state index in [1.165, 1.54) is 51.6 Å². The predicted molar refractivity (Wildman–Crippen MR) is 77.6 cm³/mol. The molecule has 0 saturated heterocycles. The van der Waals surface area contributed by atoms with Gasteiger partial charge in [-0.05, 0) is 49.4 Å². The fraction of sp³-hybridized carbons (Fsp3) is 0.824. The number of aromatic nitrogens is 2. The highest BCUT2D eigenvalue weighted by molar-refractivity contribution is 4.76. The summed E-state index contributed by atoms with van der Waals surface area (Å²) in [5, 5.41) is 0. The molecule has 19 heavy (non-hydrogen) atoms. The van der Waals surface area contributed by atoms with Gasteiger partial charge in [-0.2, -0.15) is 0 Å². The van der Waals surface area contributed by atoms with Crippen molar-refractivity contribution >= 4 is 0 Å². The van der Waals surface area contributed by atoms with Crippen molar-refractivity contribution in [3.8, 4) is 0 Å². The third-order valence-corrected chi connectivity index (χ3v) is 5.29. The highest BCUT2D eigenvalue weighted by Crippen LogP contribution is 2.31. The first-order valence-corrected chi connectivity index (χ1v) is 8.24. The zero-order chi connectivity index (χ0) is 13.2. The predicted octanol–water partition coefficient (Wildman–Crippen LogP) is 3.65. The third kappa shape index (κ3) is 3.40. The van der Waals surface area contributed by atoms with Gasteiger partial charge in [0.1, 0.15) is 12.4 Å². The minimum absolute atomic E-state index is 0.919. The molecular formula is C17H29N2+. The number of hydrogen-bond donors (Lipinski definition) is 0. The van der Waals surface area contributed by atoms with Crippen LogP contribution >= 0.6 is 0 Å². The summed E-state index contributed by atoms with van der Waals surface area (Å²) in [6.45, 7) is 7.27. The van der Waals surface area contributed by atoms with Gasteiger partial charge in [-0.15, -0.1) is 0 Å². The van der Waals surface area contributed by atoms with E-state index in [0.717, 1.165) is 23.7 Å². The fourth-order valence-electron chi connectivity index (χ4n) is 4.23. The van der Waals surface area contributed by atoms with E-state index in [4.69, 9.17) is 0 Å². The summed E-state index contributed by atoms with van der Waals surface area (Å²) in [5.74, 6) is 3.74. The van der Waals surface area contributed by atoms with Crippen molar-refractivity contribution in [3.63, 3.8) is 0 Å². The van der Waals surface area contributed by atoms with E-state index in [1.807, 2.05) is 0 Å². The first-order valence-electron chi connectivity index (χ1n) is 8.24. The minimum Gasteiger partial charge on any atom is -0.237 e. The Morgan fingerprint density at radius 2 is 1.68 bits per heavy atom. The number of hydrogen-bond acceptors (Lipinski definition) is 0. The first-order chi connectivity index (χ1) is 9.19. The van der Waals surface area contributed by atoms with Crippen molar-refractivity contribution in [1.82, 2.24) is 4.57 Å². The molecule has 0 amide bonds. The molecule has 0 aliphatic heterocycles. The maximum Gasteiger partial charge on any atom is 0.243 e. The second-order valence-electron chi connectivity index (χ2n) is 7.38. The molecule has 0 N–H and O–H groups in total. The summed E-state index contributed by atoms with van der Waals surface area (Å²) in [6, 6.07) is 0. The zero-order valence-corrected chi connectivity index (χ0v) is 12.6. The van der Waals surface area contributed by atoms with E-state index < -0.39 is 0 Å². The van der Waals surface area contributed by atoms with Gasteiger partial charge in [0.15, 0.2) is 0 Å². The summed E-state index contributed by atoms with van der Waals surface area (Å²) in [7, 11) is 0. The van der Waals surface area contributed by atoms with E-state index in [9.17, 15) is 0 Å². The van der Waals surface area contributed by atoms with Crippen LogP contribution in [0, 0.1) is 23.7 Å². The molecular weight excluding hydrogens is 232 g/mol. The Balaban J connectivity index is 1.51. The fourth-order valence-corrected chi connectivity index (χ4v) is 4.23. The monoisotopic (exact) mass is 261 g/mol. The SMILES string of the molecule is CC1CCC(Cn2cc[n+](CC3CCC(C)C3)c2)C1. The van der Waals surface area contributed by atoms with Gasteiger partial charge in [0.25, 0.3) is 0 Å². The number of nitrogens with zero attached hydrogens (tertiary/aromatic N) is 2. The van der Waals surface area contributed by atoms with E-state index in [-0.39, 0.29) is 0 Å². The largest absolute Gasteiger partial charge is 0.243 e. The molecule has 1 heterocycles. The van der Waals surface area contributed by atoms with Crippen molar-refractivity contribution < 1.29 is 4.57 Å². The molecule has 0 radical (unpaired) electrons. The smallest absolute Gasteiger partial charge is 0.237 e. The van der Waals surface area contributed by atoms with E-state index in [1.54, 1.807) is 0 Å². The molecule has 1 aromatic heterocycles. The van der Waals surface area contributed by atoms with Gasteiger partial charge in [-0.1, -0.05) is 26.7 Å². The van der Waals surface area contributed by atoms with Crippen molar-refractivity contribution in [3.05, 3.63) is 18.7 Å². The average Bonchev–Trinajstić information content (AvgIpc) is 3.05. The second-order valence-corrected chi connectivity index (χ2v) is 7.38. The molecule has 0 aromatic carbocycles. The standard InChI is InChI=1S/C17H29N2/c1-14-3-5-16(9-14)11-18-7-8-19(13-18)12-17-6-4-15(2)10-17/h7-8,13-17H,3-6,9-12H2,1-2H3/q+1. The minimum atomic E-state index is 0.919. The molecule has 2 nitrogen and oxygen atoms in total. The second kappa shape index (κ2) is 5.68. The van der Waals surface area contributed by atoms with Gasteiger partial charge < -0.3 is 0 Å². The summed E-state index contributed by atoms with van der Waals surface area (Å²) in [4.78, 5) is 0. The lowest BCUT2D eigenvalue weighted by Crippen LogP contribution is -2.34. The Morgan fingerprint density at radius 1 is 1.00 bits per heavy atom. The Bertz CT molecular complexity index is 373. The van der Waals surface area contributed by atoms with Gasteiger partial charge in [0, 0.05) is 0 Å². The van der Waals surface area contributed by atoms with Crippen LogP contribution in [0.25, 0.3) is 0 Å². The van der Waals surface area contributed by atoms with E-state index in [0.29, 0.717) is 0 Å². The van der Waals surface area contributed by atoms with Crippen LogP contribution in [0.2, 0.25) is 0 Å². The van der Waals surface area contributed by atoms with Gasteiger partial charge in [-0.25, -0.2) is 9.13 Å². The van der Waals surface area contributed by atoms with Crippen molar-refractivity contribution in [2.45, 2.75) is 65.5 Å². The molecule has 2 heteroatoms. The summed E-state index contributed by atoms with van der Waals surface area (Å²) in [5.41, 5.74) is 0. The summed E-state index contributed by atoms with van der Waals surface area (Å²) < 4.78 is 4.84. The maximum atomic E-state index is 2.42. The van der Waals surface area contributed by atoms with Crippen LogP contribution in [0.5, 0.6) is 0 Å². The first kappa shape index (κ1) is 13.2. The Morgan fingerprint density at radius 3 is 2.32 bits per heavy atom. The van der Waals surface area contributed by atoms with Crippen LogP contribution in [-0.4, -0.2) is 4.57 Å². The van der Waals surface area contributed by atoms with Gasteiger partial charge >= 0.3 is 0 Å². The average molecular weight is 261 g/mol.